The summed E-state index contributed by atoms with van der Waals surface area (Å²) in [5.74, 6) is -1.10. The van der Waals surface area contributed by atoms with Crippen LogP contribution in [0.1, 0.15) is 37.0 Å². The summed E-state index contributed by atoms with van der Waals surface area (Å²) in [5.41, 5.74) is 6.58. The van der Waals surface area contributed by atoms with Crippen molar-refractivity contribution < 1.29 is 14.4 Å². The van der Waals surface area contributed by atoms with Crippen molar-refractivity contribution in [2.24, 2.45) is 5.73 Å². The number of anilines is 1. The number of benzene rings is 1. The number of rotatable bonds is 5. The molecule has 2 atom stereocenters. The first-order valence-corrected chi connectivity index (χ1v) is 8.12. The van der Waals surface area contributed by atoms with Crippen molar-refractivity contribution in [1.82, 2.24) is 10.2 Å². The number of para-hydroxylation sites is 1. The van der Waals surface area contributed by atoms with Crippen molar-refractivity contribution in [2.45, 2.75) is 38.9 Å². The van der Waals surface area contributed by atoms with Crippen LogP contribution in [-0.2, 0) is 9.59 Å². The number of carbonyl (C=O) groups excluding carboxylic acids is 3. The SMILES string of the molecule is CCCCN1C(=O)c2ccccc2N(C)C(=O)C1NC(=O)[C@H](C)N. The first-order valence-electron chi connectivity index (χ1n) is 8.12. The van der Waals surface area contributed by atoms with Gasteiger partial charge in [-0.25, -0.2) is 0 Å². The van der Waals surface area contributed by atoms with Crippen LogP contribution in [0.4, 0.5) is 5.69 Å². The zero-order chi connectivity index (χ0) is 17.9. The second-order valence-corrected chi connectivity index (χ2v) is 5.97. The maximum Gasteiger partial charge on any atom is 0.270 e. The van der Waals surface area contributed by atoms with Crippen LogP contribution in [0.15, 0.2) is 24.3 Å². The number of amides is 3. The summed E-state index contributed by atoms with van der Waals surface area (Å²) in [6.07, 6.45) is 0.540. The number of unbranched alkanes of at least 4 members (excludes halogenated alkanes) is 1. The molecule has 0 aromatic heterocycles. The predicted octanol–water partition coefficient (Wildman–Crippen LogP) is 0.695. The topological polar surface area (TPSA) is 95.7 Å². The normalized spacial score (nSPS) is 18.9. The molecule has 130 valence electrons. The fraction of sp³-hybridized carbons (Fsp3) is 0.471. The van der Waals surface area contributed by atoms with E-state index in [1.807, 2.05) is 6.92 Å². The van der Waals surface area contributed by atoms with E-state index in [2.05, 4.69) is 5.32 Å². The van der Waals surface area contributed by atoms with Gasteiger partial charge in [-0.2, -0.15) is 0 Å². The third-order valence-electron chi connectivity index (χ3n) is 4.08. The van der Waals surface area contributed by atoms with Gasteiger partial charge in [0.05, 0.1) is 17.3 Å². The zero-order valence-electron chi connectivity index (χ0n) is 14.3. The van der Waals surface area contributed by atoms with E-state index in [4.69, 9.17) is 5.73 Å². The lowest BCUT2D eigenvalue weighted by molar-refractivity contribution is -0.131. The fourth-order valence-electron chi connectivity index (χ4n) is 2.62. The van der Waals surface area contributed by atoms with Gasteiger partial charge in [0.25, 0.3) is 11.8 Å². The number of hydrogen-bond donors (Lipinski definition) is 2. The molecule has 0 fully saturated rings. The molecule has 1 aromatic rings. The fourth-order valence-corrected chi connectivity index (χ4v) is 2.62. The van der Waals surface area contributed by atoms with Gasteiger partial charge >= 0.3 is 0 Å². The Morgan fingerprint density at radius 1 is 1.33 bits per heavy atom. The summed E-state index contributed by atoms with van der Waals surface area (Å²) in [7, 11) is 1.60. The van der Waals surface area contributed by atoms with Crippen LogP contribution in [0, 0.1) is 0 Å². The lowest BCUT2D eigenvalue weighted by atomic mass is 10.1. The Bertz CT molecular complexity index is 644. The number of nitrogens with two attached hydrogens (primary N) is 1. The van der Waals surface area contributed by atoms with Crippen LogP contribution < -0.4 is 16.0 Å². The van der Waals surface area contributed by atoms with Crippen molar-refractivity contribution in [1.29, 1.82) is 0 Å². The third-order valence-corrected chi connectivity index (χ3v) is 4.08. The van der Waals surface area contributed by atoms with Crippen molar-refractivity contribution >= 4 is 23.4 Å². The van der Waals surface area contributed by atoms with E-state index in [-0.39, 0.29) is 11.8 Å². The maximum atomic E-state index is 13.0. The Balaban J connectivity index is 2.46. The number of hydrogen-bond acceptors (Lipinski definition) is 4. The third kappa shape index (κ3) is 3.41. The molecule has 0 spiro atoms. The summed E-state index contributed by atoms with van der Waals surface area (Å²) in [6.45, 7) is 3.92. The molecule has 3 N–H and O–H groups in total. The van der Waals surface area contributed by atoms with E-state index < -0.39 is 18.1 Å². The molecule has 1 unspecified atom stereocenters. The van der Waals surface area contributed by atoms with Gasteiger partial charge in [0.15, 0.2) is 6.17 Å². The maximum absolute atomic E-state index is 13.0. The highest BCUT2D eigenvalue weighted by atomic mass is 16.2. The molecule has 24 heavy (non-hydrogen) atoms. The second-order valence-electron chi connectivity index (χ2n) is 5.97. The highest BCUT2D eigenvalue weighted by Crippen LogP contribution is 2.26. The monoisotopic (exact) mass is 332 g/mol. The summed E-state index contributed by atoms with van der Waals surface area (Å²) in [4.78, 5) is 40.7. The molecule has 0 saturated carbocycles. The van der Waals surface area contributed by atoms with Crippen LogP contribution in [0.25, 0.3) is 0 Å². The average molecular weight is 332 g/mol. The van der Waals surface area contributed by atoms with Crippen LogP contribution in [0.2, 0.25) is 0 Å². The Kier molecular flexibility index (Phi) is 5.56. The molecular formula is C17H24N4O3. The molecule has 0 saturated heterocycles. The van der Waals surface area contributed by atoms with E-state index in [0.717, 1.165) is 12.8 Å². The van der Waals surface area contributed by atoms with Gasteiger partial charge in [-0.3, -0.25) is 14.4 Å². The van der Waals surface area contributed by atoms with Crippen molar-refractivity contribution in [3.8, 4) is 0 Å². The Hall–Kier alpha value is -2.41. The van der Waals surface area contributed by atoms with Crippen LogP contribution in [0.3, 0.4) is 0 Å². The number of likely N-dealkylation sites (N-methyl/N-ethyl adjacent to an activating group) is 1. The molecule has 0 aliphatic carbocycles. The van der Waals surface area contributed by atoms with Crippen LogP contribution >= 0.6 is 0 Å². The van der Waals surface area contributed by atoms with E-state index in [0.29, 0.717) is 17.8 Å². The first-order chi connectivity index (χ1) is 11.4. The Labute approximate surface area is 141 Å². The van der Waals surface area contributed by atoms with Crippen molar-refractivity contribution in [3.63, 3.8) is 0 Å². The minimum atomic E-state index is -1.06. The highest BCUT2D eigenvalue weighted by Gasteiger charge is 2.38. The Morgan fingerprint density at radius 2 is 2.00 bits per heavy atom. The van der Waals surface area contributed by atoms with Gasteiger partial charge in [0.2, 0.25) is 5.91 Å². The number of carbonyl (C=O) groups is 3. The van der Waals surface area contributed by atoms with Gasteiger partial charge in [-0.15, -0.1) is 0 Å². The summed E-state index contributed by atoms with van der Waals surface area (Å²) < 4.78 is 0. The molecule has 1 aliphatic heterocycles. The molecule has 7 nitrogen and oxygen atoms in total. The van der Waals surface area contributed by atoms with Gasteiger partial charge in [0.1, 0.15) is 0 Å². The largest absolute Gasteiger partial charge is 0.326 e. The van der Waals surface area contributed by atoms with E-state index in [1.165, 1.54) is 16.7 Å². The van der Waals surface area contributed by atoms with Gasteiger partial charge < -0.3 is 20.9 Å². The molecular weight excluding hydrogens is 308 g/mol. The van der Waals surface area contributed by atoms with Crippen molar-refractivity contribution in [3.05, 3.63) is 29.8 Å². The van der Waals surface area contributed by atoms with Gasteiger partial charge in [-0.05, 0) is 25.5 Å². The highest BCUT2D eigenvalue weighted by molar-refractivity contribution is 6.11. The smallest absolute Gasteiger partial charge is 0.270 e. The molecule has 1 aliphatic rings. The lowest BCUT2D eigenvalue weighted by Gasteiger charge is -2.31. The number of nitrogens with zero attached hydrogens (tertiary/aromatic N) is 2. The summed E-state index contributed by atoms with van der Waals surface area (Å²) in [5, 5.41) is 2.61. The predicted molar refractivity (Wildman–Crippen MR) is 91.4 cm³/mol. The summed E-state index contributed by atoms with van der Waals surface area (Å²) >= 11 is 0. The number of nitrogens with one attached hydrogen (secondary N) is 1. The molecule has 1 aromatic carbocycles. The lowest BCUT2D eigenvalue weighted by Crippen LogP contribution is -2.59. The zero-order valence-corrected chi connectivity index (χ0v) is 14.3. The standard InChI is InChI=1S/C17H24N4O3/c1-4-5-10-21-14(19-15(22)11(2)18)17(24)20(3)13-9-7-6-8-12(13)16(21)23/h6-9,11,14H,4-5,10,18H2,1-3H3,(H,19,22)/t11-,14?/m0/s1. The van der Waals surface area contributed by atoms with E-state index >= 15 is 0 Å². The van der Waals surface area contributed by atoms with Gasteiger partial charge in [0, 0.05) is 13.6 Å². The van der Waals surface area contributed by atoms with Crippen LogP contribution in [0.5, 0.6) is 0 Å². The average Bonchev–Trinajstić information content (AvgIpc) is 2.64. The van der Waals surface area contributed by atoms with E-state index in [1.54, 1.807) is 31.3 Å². The molecule has 7 heteroatoms. The molecule has 0 bridgehead atoms. The first kappa shape index (κ1) is 17.9. The molecule has 0 radical (unpaired) electrons. The molecule has 3 amide bonds. The minimum absolute atomic E-state index is 0.272. The Morgan fingerprint density at radius 3 is 2.62 bits per heavy atom. The molecule has 2 rings (SSSR count). The van der Waals surface area contributed by atoms with E-state index in [9.17, 15) is 14.4 Å². The van der Waals surface area contributed by atoms with Crippen LogP contribution in [-0.4, -0.2) is 48.4 Å². The summed E-state index contributed by atoms with van der Waals surface area (Å²) in [6, 6.07) is 6.17. The molecule has 1 heterocycles. The second kappa shape index (κ2) is 7.44. The quantitative estimate of drug-likeness (QED) is 0.829. The minimum Gasteiger partial charge on any atom is -0.326 e. The van der Waals surface area contributed by atoms with Gasteiger partial charge in [-0.1, -0.05) is 25.5 Å². The number of fused-ring (bicyclic) bond motifs is 1. The van der Waals surface area contributed by atoms with Crippen molar-refractivity contribution in [2.75, 3.05) is 18.5 Å².